The lowest BCUT2D eigenvalue weighted by atomic mass is 10.2. The van der Waals surface area contributed by atoms with Gasteiger partial charge < -0.3 is 10.5 Å². The normalized spacial score (nSPS) is 10.2. The fourth-order valence-corrected chi connectivity index (χ4v) is 1.84. The zero-order valence-corrected chi connectivity index (χ0v) is 11.5. The van der Waals surface area contributed by atoms with Crippen molar-refractivity contribution in [2.75, 3.05) is 5.73 Å². The van der Waals surface area contributed by atoms with Crippen LogP contribution in [0.15, 0.2) is 34.9 Å². The van der Waals surface area contributed by atoms with Crippen LogP contribution in [0.5, 0.6) is 11.6 Å². The minimum absolute atomic E-state index is 0.108. The Morgan fingerprint density at radius 3 is 2.79 bits per heavy atom. The average Bonchev–Trinajstić information content (AvgIpc) is 2.34. The number of nitrogens with zero attached hydrogens (tertiary/aromatic N) is 2. The molecule has 2 N–H and O–H groups in total. The number of nitrogens with two attached hydrogens (primary N) is 1. The van der Waals surface area contributed by atoms with Crippen LogP contribution >= 0.6 is 15.9 Å². The summed E-state index contributed by atoms with van der Waals surface area (Å²) >= 11 is 3.22. The highest BCUT2D eigenvalue weighted by atomic mass is 79.9. The van der Waals surface area contributed by atoms with E-state index >= 15 is 0 Å². The second-order valence-electron chi connectivity index (χ2n) is 3.88. The molecule has 0 aliphatic rings. The topological polar surface area (TPSA) is 91.3 Å². The van der Waals surface area contributed by atoms with Gasteiger partial charge in [-0.25, -0.2) is 4.98 Å². The minimum atomic E-state index is -0.503. The van der Waals surface area contributed by atoms with E-state index in [-0.39, 0.29) is 17.3 Å². The maximum Gasteiger partial charge on any atom is 0.311 e. The first kappa shape index (κ1) is 13.3. The van der Waals surface area contributed by atoms with Gasteiger partial charge in [0, 0.05) is 16.7 Å². The molecule has 0 aliphatic heterocycles. The van der Waals surface area contributed by atoms with E-state index in [4.69, 9.17) is 10.5 Å². The molecule has 7 heteroatoms. The van der Waals surface area contributed by atoms with Gasteiger partial charge in [0.1, 0.15) is 0 Å². The third-order valence-electron chi connectivity index (χ3n) is 2.36. The number of aryl methyl sites for hydroxylation is 1. The summed E-state index contributed by atoms with van der Waals surface area (Å²) in [6.07, 6.45) is 1.51. The van der Waals surface area contributed by atoms with Crippen LogP contribution in [0, 0.1) is 17.0 Å². The number of nitro benzene ring substituents is 1. The summed E-state index contributed by atoms with van der Waals surface area (Å²) in [5, 5.41) is 11.0. The van der Waals surface area contributed by atoms with Gasteiger partial charge >= 0.3 is 5.69 Å². The maximum absolute atomic E-state index is 11.0. The summed E-state index contributed by atoms with van der Waals surface area (Å²) in [7, 11) is 0. The predicted octanol–water partition coefficient (Wildman–Crippen LogP) is 3.44. The number of nitro groups is 1. The van der Waals surface area contributed by atoms with Gasteiger partial charge in [-0.2, -0.15) is 0 Å². The van der Waals surface area contributed by atoms with Crippen molar-refractivity contribution in [3.8, 4) is 11.6 Å². The van der Waals surface area contributed by atoms with Crippen LogP contribution in [0.4, 0.5) is 11.4 Å². The molecule has 0 saturated carbocycles. The van der Waals surface area contributed by atoms with Gasteiger partial charge in [-0.1, -0.05) is 6.07 Å². The molecule has 0 fully saturated rings. The summed E-state index contributed by atoms with van der Waals surface area (Å²) in [6.45, 7) is 1.77. The Kier molecular flexibility index (Phi) is 3.66. The van der Waals surface area contributed by atoms with Gasteiger partial charge in [0.05, 0.1) is 10.6 Å². The summed E-state index contributed by atoms with van der Waals surface area (Å²) in [4.78, 5) is 14.4. The van der Waals surface area contributed by atoms with Gasteiger partial charge in [-0.3, -0.25) is 10.1 Å². The molecule has 0 bridgehead atoms. The number of halogens is 1. The van der Waals surface area contributed by atoms with Crippen molar-refractivity contribution >= 4 is 27.3 Å². The van der Waals surface area contributed by atoms with Crippen molar-refractivity contribution in [1.82, 2.24) is 4.98 Å². The average molecular weight is 324 g/mol. The first-order valence-electron chi connectivity index (χ1n) is 5.31. The first-order chi connectivity index (χ1) is 8.97. The number of ether oxygens (including phenoxy) is 1. The van der Waals surface area contributed by atoms with Crippen LogP contribution in [-0.2, 0) is 0 Å². The van der Waals surface area contributed by atoms with E-state index in [9.17, 15) is 10.1 Å². The quantitative estimate of drug-likeness (QED) is 0.690. The molecule has 0 aliphatic carbocycles. The number of pyridine rings is 1. The predicted molar refractivity (Wildman–Crippen MR) is 74.3 cm³/mol. The largest absolute Gasteiger partial charge is 0.430 e. The number of benzene rings is 1. The van der Waals surface area contributed by atoms with Crippen molar-refractivity contribution in [2.24, 2.45) is 0 Å². The van der Waals surface area contributed by atoms with Crippen molar-refractivity contribution in [2.45, 2.75) is 6.92 Å². The van der Waals surface area contributed by atoms with Crippen LogP contribution in [0.25, 0.3) is 0 Å². The van der Waals surface area contributed by atoms with Crippen LogP contribution in [0.3, 0.4) is 0 Å². The Bertz CT molecular complexity index is 646. The van der Waals surface area contributed by atoms with E-state index in [1.54, 1.807) is 19.1 Å². The smallest absolute Gasteiger partial charge is 0.311 e. The van der Waals surface area contributed by atoms with Crippen molar-refractivity contribution < 1.29 is 9.66 Å². The molecular weight excluding hydrogens is 314 g/mol. The lowest BCUT2D eigenvalue weighted by Crippen LogP contribution is -1.98. The highest BCUT2D eigenvalue weighted by Crippen LogP contribution is 2.33. The maximum atomic E-state index is 11.0. The van der Waals surface area contributed by atoms with Crippen molar-refractivity contribution in [3.63, 3.8) is 0 Å². The third kappa shape index (κ3) is 3.00. The molecule has 0 saturated heterocycles. The number of rotatable bonds is 3. The molecule has 6 nitrogen and oxygen atoms in total. The molecule has 0 spiro atoms. The fraction of sp³-hybridized carbons (Fsp3) is 0.0833. The Morgan fingerprint density at radius 2 is 2.16 bits per heavy atom. The summed E-state index contributed by atoms with van der Waals surface area (Å²) in [6, 6.07) is 6.29. The van der Waals surface area contributed by atoms with Gasteiger partial charge in [0.2, 0.25) is 11.6 Å². The van der Waals surface area contributed by atoms with Gasteiger partial charge in [0.25, 0.3) is 0 Å². The first-order valence-corrected chi connectivity index (χ1v) is 6.10. The van der Waals surface area contributed by atoms with Crippen LogP contribution < -0.4 is 10.5 Å². The number of hydrogen-bond acceptors (Lipinski definition) is 5. The summed E-state index contributed by atoms with van der Waals surface area (Å²) < 4.78 is 6.12. The Morgan fingerprint density at radius 1 is 1.42 bits per heavy atom. The van der Waals surface area contributed by atoms with Crippen molar-refractivity contribution in [3.05, 3.63) is 50.6 Å². The molecule has 0 amide bonds. The van der Waals surface area contributed by atoms with Crippen molar-refractivity contribution in [1.29, 1.82) is 0 Å². The van der Waals surface area contributed by atoms with Gasteiger partial charge in [0.15, 0.2) is 0 Å². The summed E-state index contributed by atoms with van der Waals surface area (Å²) in [5.74, 6) is 0.243. The van der Waals surface area contributed by atoms with E-state index in [1.807, 2.05) is 0 Å². The molecule has 19 heavy (non-hydrogen) atoms. The number of anilines is 1. The SMILES string of the molecule is Cc1ccc(Oc2ncc(Br)cc2N)c([N+](=O)[O-])c1. The molecule has 0 atom stereocenters. The van der Waals surface area contributed by atoms with E-state index in [1.165, 1.54) is 18.3 Å². The molecule has 2 rings (SSSR count). The molecule has 0 radical (unpaired) electrons. The third-order valence-corrected chi connectivity index (χ3v) is 2.80. The number of nitrogen functional groups attached to an aromatic ring is 1. The Hall–Kier alpha value is -2.15. The Labute approximate surface area is 117 Å². The number of aromatic nitrogens is 1. The second-order valence-corrected chi connectivity index (χ2v) is 4.79. The van der Waals surface area contributed by atoms with Gasteiger partial charge in [-0.05, 0) is 40.5 Å². The minimum Gasteiger partial charge on any atom is -0.430 e. The standard InChI is InChI=1S/C12H10BrN3O3/c1-7-2-3-11(10(4-7)16(17)18)19-12-9(14)5-8(13)6-15-12/h2-6H,14H2,1H3. The van der Waals surface area contributed by atoms with Crippen LogP contribution in [0.1, 0.15) is 5.56 Å². The lowest BCUT2D eigenvalue weighted by Gasteiger charge is -2.08. The highest BCUT2D eigenvalue weighted by Gasteiger charge is 2.17. The second kappa shape index (κ2) is 5.23. The van der Waals surface area contributed by atoms with Crippen LogP contribution in [0.2, 0.25) is 0 Å². The van der Waals surface area contributed by atoms with Gasteiger partial charge in [-0.15, -0.1) is 0 Å². The van der Waals surface area contributed by atoms with Crippen LogP contribution in [-0.4, -0.2) is 9.91 Å². The zero-order valence-electron chi connectivity index (χ0n) is 9.96. The van der Waals surface area contributed by atoms with E-state index in [2.05, 4.69) is 20.9 Å². The molecule has 1 aromatic carbocycles. The molecule has 98 valence electrons. The zero-order chi connectivity index (χ0) is 14.0. The number of hydrogen-bond donors (Lipinski definition) is 1. The Balaban J connectivity index is 2.40. The highest BCUT2D eigenvalue weighted by molar-refractivity contribution is 9.10. The summed E-state index contributed by atoms with van der Waals surface area (Å²) in [5.41, 5.74) is 6.69. The molecule has 1 aromatic heterocycles. The van der Waals surface area contributed by atoms with E-state index < -0.39 is 4.92 Å². The molecule has 2 aromatic rings. The monoisotopic (exact) mass is 323 g/mol. The lowest BCUT2D eigenvalue weighted by molar-refractivity contribution is -0.385. The van der Waals surface area contributed by atoms with E-state index in [0.29, 0.717) is 10.2 Å². The molecule has 0 unspecified atom stereocenters. The van der Waals surface area contributed by atoms with E-state index in [0.717, 1.165) is 5.56 Å². The molecular formula is C12H10BrN3O3. The molecule has 1 heterocycles. The fourth-order valence-electron chi connectivity index (χ4n) is 1.49.